The predicted molar refractivity (Wildman–Crippen MR) is 78.0 cm³/mol. The summed E-state index contributed by atoms with van der Waals surface area (Å²) in [6, 6.07) is 2.92. The molecule has 3 rings (SSSR count). The Labute approximate surface area is 129 Å². The molecule has 8 heteroatoms. The summed E-state index contributed by atoms with van der Waals surface area (Å²) in [6.07, 6.45) is 0.767. The van der Waals surface area contributed by atoms with Gasteiger partial charge in [-0.15, -0.1) is 0 Å². The smallest absolute Gasteiger partial charge is 0.243 e. The highest BCUT2D eigenvalue weighted by atomic mass is 32.2. The fraction of sp³-hybridized carbons (Fsp3) is 0.571. The van der Waals surface area contributed by atoms with Gasteiger partial charge in [0, 0.05) is 45.3 Å². The molecule has 1 aromatic carbocycles. The van der Waals surface area contributed by atoms with E-state index in [2.05, 4.69) is 10.2 Å². The number of rotatable bonds is 3. The average molecular weight is 331 g/mol. The van der Waals surface area contributed by atoms with Crippen molar-refractivity contribution in [2.45, 2.75) is 17.4 Å². The van der Waals surface area contributed by atoms with Gasteiger partial charge in [0.05, 0.1) is 4.90 Å². The molecule has 22 heavy (non-hydrogen) atoms. The molecule has 2 aliphatic heterocycles. The minimum absolute atomic E-state index is 0.188. The normalized spacial score (nSPS) is 24.7. The molecule has 2 saturated heterocycles. The Bertz CT molecular complexity index is 647. The predicted octanol–water partition coefficient (Wildman–Crippen LogP) is 0.633. The van der Waals surface area contributed by atoms with Crippen LogP contribution in [0.4, 0.5) is 8.78 Å². The van der Waals surface area contributed by atoms with Crippen molar-refractivity contribution >= 4 is 10.0 Å². The van der Waals surface area contributed by atoms with E-state index in [-0.39, 0.29) is 10.9 Å². The Kier molecular flexibility index (Phi) is 4.44. The summed E-state index contributed by atoms with van der Waals surface area (Å²) in [5.41, 5.74) is 0. The van der Waals surface area contributed by atoms with Crippen LogP contribution in [0.15, 0.2) is 23.1 Å². The van der Waals surface area contributed by atoms with Gasteiger partial charge < -0.3 is 5.32 Å². The number of sulfonamides is 1. The van der Waals surface area contributed by atoms with Crippen LogP contribution in [0, 0.1) is 11.6 Å². The lowest BCUT2D eigenvalue weighted by Gasteiger charge is -2.32. The van der Waals surface area contributed by atoms with Crippen molar-refractivity contribution < 1.29 is 17.2 Å². The number of nitrogens with one attached hydrogen (secondary N) is 1. The topological polar surface area (TPSA) is 52.7 Å². The molecule has 0 amide bonds. The maximum Gasteiger partial charge on any atom is 0.243 e. The van der Waals surface area contributed by atoms with Crippen molar-refractivity contribution in [3.63, 3.8) is 0 Å². The van der Waals surface area contributed by atoms with E-state index in [1.54, 1.807) is 0 Å². The second-order valence-corrected chi connectivity index (χ2v) is 7.61. The molecule has 1 N–H and O–H groups in total. The molecule has 0 aliphatic carbocycles. The molecule has 0 bridgehead atoms. The Hall–Kier alpha value is -1.09. The summed E-state index contributed by atoms with van der Waals surface area (Å²) in [6.45, 7) is 4.45. The van der Waals surface area contributed by atoms with Crippen LogP contribution in [-0.2, 0) is 10.0 Å². The summed E-state index contributed by atoms with van der Waals surface area (Å²) >= 11 is 0. The van der Waals surface area contributed by atoms with Gasteiger partial charge in [0.15, 0.2) is 11.6 Å². The highest BCUT2D eigenvalue weighted by molar-refractivity contribution is 7.89. The van der Waals surface area contributed by atoms with Crippen molar-refractivity contribution in [1.82, 2.24) is 14.5 Å². The van der Waals surface area contributed by atoms with E-state index in [0.717, 1.165) is 50.8 Å². The van der Waals surface area contributed by atoms with Crippen molar-refractivity contribution in [2.75, 3.05) is 39.3 Å². The maximum absolute atomic E-state index is 13.3. The van der Waals surface area contributed by atoms with Crippen LogP contribution >= 0.6 is 0 Å². The molecule has 2 aliphatic rings. The zero-order chi connectivity index (χ0) is 15.7. The molecule has 0 saturated carbocycles. The molecule has 0 aromatic heterocycles. The molecule has 5 nitrogen and oxygen atoms in total. The highest BCUT2D eigenvalue weighted by Crippen LogP contribution is 2.24. The third-order valence-electron chi connectivity index (χ3n) is 4.32. The maximum atomic E-state index is 13.3. The van der Waals surface area contributed by atoms with Crippen LogP contribution in [0.3, 0.4) is 0 Å². The second kappa shape index (κ2) is 6.19. The first kappa shape index (κ1) is 15.8. The first-order valence-corrected chi connectivity index (χ1v) is 8.82. The molecule has 1 aromatic rings. The molecular formula is C14H19F2N3O2S. The second-order valence-electron chi connectivity index (χ2n) is 5.67. The van der Waals surface area contributed by atoms with Gasteiger partial charge in [0.1, 0.15) is 0 Å². The monoisotopic (exact) mass is 331 g/mol. The van der Waals surface area contributed by atoms with Gasteiger partial charge in [0.2, 0.25) is 10.0 Å². The van der Waals surface area contributed by atoms with Crippen LogP contribution in [0.1, 0.15) is 6.42 Å². The van der Waals surface area contributed by atoms with Crippen molar-refractivity contribution in [3.05, 3.63) is 29.8 Å². The molecule has 0 spiro atoms. The molecule has 1 unspecified atom stereocenters. The van der Waals surface area contributed by atoms with E-state index >= 15 is 0 Å². The molecule has 2 fully saturated rings. The largest absolute Gasteiger partial charge is 0.314 e. The lowest BCUT2D eigenvalue weighted by molar-refractivity contribution is 0.179. The van der Waals surface area contributed by atoms with Crippen molar-refractivity contribution in [1.29, 1.82) is 0 Å². The van der Waals surface area contributed by atoms with Gasteiger partial charge >= 0.3 is 0 Å². The number of hydrogen-bond acceptors (Lipinski definition) is 4. The van der Waals surface area contributed by atoms with Gasteiger partial charge in [-0.25, -0.2) is 17.2 Å². The molecule has 0 radical (unpaired) electrons. The molecular weight excluding hydrogens is 312 g/mol. The van der Waals surface area contributed by atoms with E-state index < -0.39 is 21.7 Å². The Morgan fingerprint density at radius 2 is 1.82 bits per heavy atom. The lowest BCUT2D eigenvalue weighted by Crippen LogP contribution is -2.49. The standard InChI is InChI=1S/C14H19F2N3O2S/c15-13-2-1-12(9-14(13)16)22(20,21)19-6-3-11(10-19)18-7-4-17-5-8-18/h1-2,9,11,17H,3-8,10H2. The van der Waals surface area contributed by atoms with Crippen LogP contribution in [0.25, 0.3) is 0 Å². The first-order chi connectivity index (χ1) is 10.5. The third-order valence-corrected chi connectivity index (χ3v) is 6.18. The van der Waals surface area contributed by atoms with E-state index in [4.69, 9.17) is 0 Å². The number of piperazine rings is 1. The van der Waals surface area contributed by atoms with Gasteiger partial charge in [-0.3, -0.25) is 4.90 Å². The van der Waals surface area contributed by atoms with Gasteiger partial charge in [0.25, 0.3) is 0 Å². The summed E-state index contributed by atoms with van der Waals surface area (Å²) in [5.74, 6) is -2.18. The van der Waals surface area contributed by atoms with Crippen LogP contribution in [0.2, 0.25) is 0 Å². The quantitative estimate of drug-likeness (QED) is 0.883. The summed E-state index contributed by atoms with van der Waals surface area (Å²) in [7, 11) is -3.77. The minimum Gasteiger partial charge on any atom is -0.314 e. The van der Waals surface area contributed by atoms with Crippen molar-refractivity contribution in [3.8, 4) is 0 Å². The summed E-state index contributed by atoms with van der Waals surface area (Å²) in [4.78, 5) is 2.10. The number of hydrogen-bond donors (Lipinski definition) is 1. The zero-order valence-corrected chi connectivity index (χ0v) is 13.0. The average Bonchev–Trinajstić information content (AvgIpc) is 3.01. The van der Waals surface area contributed by atoms with Crippen LogP contribution in [0.5, 0.6) is 0 Å². The fourth-order valence-corrected chi connectivity index (χ4v) is 4.57. The first-order valence-electron chi connectivity index (χ1n) is 7.38. The van der Waals surface area contributed by atoms with Crippen molar-refractivity contribution in [2.24, 2.45) is 0 Å². The fourth-order valence-electron chi connectivity index (χ4n) is 3.06. The van der Waals surface area contributed by atoms with E-state index in [0.29, 0.717) is 13.1 Å². The van der Waals surface area contributed by atoms with Gasteiger partial charge in [-0.1, -0.05) is 0 Å². The highest BCUT2D eigenvalue weighted by Gasteiger charge is 2.35. The summed E-state index contributed by atoms with van der Waals surface area (Å²) in [5, 5.41) is 3.27. The van der Waals surface area contributed by atoms with Crippen LogP contribution < -0.4 is 5.32 Å². The number of benzene rings is 1. The number of nitrogens with zero attached hydrogens (tertiary/aromatic N) is 2. The number of halogens is 2. The van der Waals surface area contributed by atoms with E-state index in [1.807, 2.05) is 0 Å². The third kappa shape index (κ3) is 3.01. The molecule has 1 atom stereocenters. The lowest BCUT2D eigenvalue weighted by atomic mass is 10.2. The Balaban J connectivity index is 1.74. The van der Waals surface area contributed by atoms with E-state index in [1.165, 1.54) is 4.31 Å². The molecule has 2 heterocycles. The van der Waals surface area contributed by atoms with Crippen LogP contribution in [-0.4, -0.2) is 62.9 Å². The minimum atomic E-state index is -3.77. The van der Waals surface area contributed by atoms with Gasteiger partial charge in [-0.05, 0) is 24.6 Å². The zero-order valence-electron chi connectivity index (χ0n) is 12.1. The summed E-state index contributed by atoms with van der Waals surface area (Å²) < 4.78 is 52.7. The Morgan fingerprint density at radius 3 is 2.50 bits per heavy atom. The SMILES string of the molecule is O=S(=O)(c1ccc(F)c(F)c1)N1CCC(N2CCNCC2)C1. The Morgan fingerprint density at radius 1 is 1.09 bits per heavy atom. The van der Waals surface area contributed by atoms with E-state index in [9.17, 15) is 17.2 Å². The van der Waals surface area contributed by atoms with Gasteiger partial charge in [-0.2, -0.15) is 4.31 Å². The molecule has 122 valence electrons.